The minimum atomic E-state index is 0.566. The Hall–Kier alpha value is -2.00. The summed E-state index contributed by atoms with van der Waals surface area (Å²) >= 11 is 0. The number of azide groups is 1. The number of aromatic amines is 1. The molecule has 1 aromatic heterocycles. The van der Waals surface area contributed by atoms with Crippen LogP contribution in [-0.4, -0.2) is 16.5 Å². The van der Waals surface area contributed by atoms with Gasteiger partial charge in [0.25, 0.3) is 0 Å². The molecule has 2 rings (SSSR count). The van der Waals surface area contributed by atoms with Gasteiger partial charge in [-0.25, -0.2) is 4.98 Å². The van der Waals surface area contributed by atoms with E-state index in [-0.39, 0.29) is 0 Å². The highest BCUT2D eigenvalue weighted by atomic mass is 15.1. The molecule has 0 atom stereocenters. The summed E-state index contributed by atoms with van der Waals surface area (Å²) in [6.07, 6.45) is 2.79. The van der Waals surface area contributed by atoms with E-state index in [9.17, 15) is 0 Å². The van der Waals surface area contributed by atoms with Crippen LogP contribution < -0.4 is 0 Å². The Labute approximate surface area is 93.1 Å². The lowest BCUT2D eigenvalue weighted by atomic mass is 10.2. The second-order valence-electron chi connectivity index (χ2n) is 3.61. The van der Waals surface area contributed by atoms with E-state index in [1.807, 2.05) is 24.3 Å². The molecule has 1 aromatic carbocycles. The zero-order valence-corrected chi connectivity index (χ0v) is 8.93. The Kier molecular flexibility index (Phi) is 3.41. The summed E-state index contributed by atoms with van der Waals surface area (Å²) < 4.78 is 0. The molecule has 0 amide bonds. The molecule has 82 valence electrons. The van der Waals surface area contributed by atoms with Gasteiger partial charge >= 0.3 is 0 Å². The van der Waals surface area contributed by atoms with Gasteiger partial charge in [-0.3, -0.25) is 0 Å². The molecule has 0 unspecified atom stereocenters. The summed E-state index contributed by atoms with van der Waals surface area (Å²) in [4.78, 5) is 10.5. The third kappa shape index (κ3) is 2.52. The smallest absolute Gasteiger partial charge is 0.107 e. The van der Waals surface area contributed by atoms with E-state index in [1.165, 1.54) is 0 Å². The van der Waals surface area contributed by atoms with Crippen molar-refractivity contribution in [3.63, 3.8) is 0 Å². The maximum atomic E-state index is 8.12. The van der Waals surface area contributed by atoms with Gasteiger partial charge in [-0.1, -0.05) is 17.2 Å². The molecule has 0 fully saturated rings. The van der Waals surface area contributed by atoms with Crippen molar-refractivity contribution in [1.29, 1.82) is 0 Å². The number of imidazole rings is 1. The summed E-state index contributed by atoms with van der Waals surface area (Å²) in [5.41, 5.74) is 10.2. The maximum absolute atomic E-state index is 8.12. The number of nitrogens with one attached hydrogen (secondary N) is 1. The van der Waals surface area contributed by atoms with E-state index in [4.69, 9.17) is 5.53 Å². The molecule has 0 saturated heterocycles. The van der Waals surface area contributed by atoms with E-state index in [1.54, 1.807) is 0 Å². The van der Waals surface area contributed by atoms with Gasteiger partial charge in [-0.2, -0.15) is 0 Å². The van der Waals surface area contributed by atoms with E-state index in [0.29, 0.717) is 6.54 Å². The van der Waals surface area contributed by atoms with Crippen LogP contribution >= 0.6 is 0 Å². The van der Waals surface area contributed by atoms with Gasteiger partial charge in [0, 0.05) is 17.9 Å². The number of nitrogens with zero attached hydrogens (tertiary/aromatic N) is 4. The molecule has 1 heterocycles. The molecular weight excluding hydrogens is 202 g/mol. The van der Waals surface area contributed by atoms with Crippen molar-refractivity contribution in [3.05, 3.63) is 40.5 Å². The Morgan fingerprint density at radius 1 is 1.31 bits per heavy atom. The molecule has 0 aliphatic heterocycles. The van der Waals surface area contributed by atoms with Gasteiger partial charge in [0.05, 0.1) is 11.0 Å². The Balaban J connectivity index is 1.92. The standard InChI is InChI=1S/C11H13N5/c12-16-13-8-4-3-7-11-14-9-5-1-2-6-10(9)15-11/h1-2,5-6H,3-4,7-8H2,(H,14,15). The number of H-pyrrole nitrogens is 1. The van der Waals surface area contributed by atoms with Crippen LogP contribution in [0.1, 0.15) is 18.7 Å². The van der Waals surface area contributed by atoms with Gasteiger partial charge in [0.15, 0.2) is 0 Å². The lowest BCUT2D eigenvalue weighted by Crippen LogP contribution is -1.89. The van der Waals surface area contributed by atoms with Crippen molar-refractivity contribution in [3.8, 4) is 0 Å². The number of hydrogen-bond acceptors (Lipinski definition) is 2. The van der Waals surface area contributed by atoms with E-state index >= 15 is 0 Å². The predicted molar refractivity (Wildman–Crippen MR) is 63.0 cm³/mol. The number of aryl methyl sites for hydroxylation is 1. The Morgan fingerprint density at radius 2 is 2.19 bits per heavy atom. The highest BCUT2D eigenvalue weighted by molar-refractivity contribution is 5.74. The largest absolute Gasteiger partial charge is 0.342 e. The molecule has 1 N–H and O–H groups in total. The van der Waals surface area contributed by atoms with Crippen LogP contribution in [-0.2, 0) is 6.42 Å². The first-order valence-corrected chi connectivity index (χ1v) is 5.34. The normalized spacial score (nSPS) is 10.2. The van der Waals surface area contributed by atoms with Crippen LogP contribution in [0.15, 0.2) is 29.4 Å². The van der Waals surface area contributed by atoms with Crippen molar-refractivity contribution >= 4 is 11.0 Å². The first kappa shape index (κ1) is 10.5. The molecule has 5 nitrogen and oxygen atoms in total. The van der Waals surface area contributed by atoms with Gasteiger partial charge < -0.3 is 4.98 Å². The SMILES string of the molecule is [N-]=[N+]=NCCCCc1nc2ccccc2[nH]1. The van der Waals surface area contributed by atoms with Crippen molar-refractivity contribution in [1.82, 2.24) is 9.97 Å². The maximum Gasteiger partial charge on any atom is 0.107 e. The van der Waals surface area contributed by atoms with Gasteiger partial charge in [-0.05, 0) is 30.5 Å². The number of hydrogen-bond donors (Lipinski definition) is 1. The molecule has 0 aliphatic carbocycles. The number of fused-ring (bicyclic) bond motifs is 1. The third-order valence-electron chi connectivity index (χ3n) is 2.42. The first-order chi connectivity index (χ1) is 7.90. The number of unbranched alkanes of at least 4 members (excludes halogenated alkanes) is 1. The monoisotopic (exact) mass is 215 g/mol. The second kappa shape index (κ2) is 5.19. The van der Waals surface area contributed by atoms with E-state index < -0.39 is 0 Å². The Morgan fingerprint density at radius 3 is 3.00 bits per heavy atom. The number of para-hydroxylation sites is 2. The van der Waals surface area contributed by atoms with Gasteiger partial charge in [0.2, 0.25) is 0 Å². The third-order valence-corrected chi connectivity index (χ3v) is 2.42. The summed E-state index contributed by atoms with van der Waals surface area (Å²) in [6.45, 7) is 0.566. The minimum Gasteiger partial charge on any atom is -0.342 e. The van der Waals surface area contributed by atoms with Crippen LogP contribution in [0.3, 0.4) is 0 Å². The van der Waals surface area contributed by atoms with Crippen molar-refractivity contribution < 1.29 is 0 Å². The topological polar surface area (TPSA) is 77.4 Å². The molecule has 0 saturated carbocycles. The molecule has 0 aliphatic rings. The minimum absolute atomic E-state index is 0.566. The molecule has 2 aromatic rings. The van der Waals surface area contributed by atoms with Gasteiger partial charge in [0.1, 0.15) is 5.82 Å². The summed E-state index contributed by atoms with van der Waals surface area (Å²) in [5, 5.41) is 3.50. The first-order valence-electron chi connectivity index (χ1n) is 5.34. The van der Waals surface area contributed by atoms with Crippen molar-refractivity contribution in [2.75, 3.05) is 6.54 Å². The van der Waals surface area contributed by atoms with Crippen LogP contribution in [0.4, 0.5) is 0 Å². The molecule has 0 bridgehead atoms. The van der Waals surface area contributed by atoms with Crippen LogP contribution in [0.5, 0.6) is 0 Å². The highest BCUT2D eigenvalue weighted by Crippen LogP contribution is 2.11. The molecule has 16 heavy (non-hydrogen) atoms. The van der Waals surface area contributed by atoms with E-state index in [0.717, 1.165) is 36.1 Å². The number of aromatic nitrogens is 2. The lowest BCUT2D eigenvalue weighted by molar-refractivity contribution is 0.722. The zero-order chi connectivity index (χ0) is 11.2. The van der Waals surface area contributed by atoms with Crippen LogP contribution in [0.2, 0.25) is 0 Å². The summed E-state index contributed by atoms with van der Waals surface area (Å²) in [7, 11) is 0. The average molecular weight is 215 g/mol. The molecular formula is C11H13N5. The predicted octanol–water partition coefficient (Wildman–Crippen LogP) is 3.20. The lowest BCUT2D eigenvalue weighted by Gasteiger charge is -1.93. The number of rotatable bonds is 5. The fourth-order valence-electron chi connectivity index (χ4n) is 1.64. The zero-order valence-electron chi connectivity index (χ0n) is 8.93. The summed E-state index contributed by atoms with van der Waals surface area (Å²) in [6, 6.07) is 7.99. The molecule has 0 spiro atoms. The van der Waals surface area contributed by atoms with Crippen molar-refractivity contribution in [2.45, 2.75) is 19.3 Å². The summed E-state index contributed by atoms with van der Waals surface area (Å²) in [5.74, 6) is 1.00. The van der Waals surface area contributed by atoms with Gasteiger partial charge in [-0.15, -0.1) is 0 Å². The fourth-order valence-corrected chi connectivity index (χ4v) is 1.64. The number of benzene rings is 1. The van der Waals surface area contributed by atoms with Crippen molar-refractivity contribution in [2.24, 2.45) is 5.11 Å². The van der Waals surface area contributed by atoms with E-state index in [2.05, 4.69) is 20.0 Å². The quantitative estimate of drug-likeness (QED) is 0.353. The highest BCUT2D eigenvalue weighted by Gasteiger charge is 2.00. The second-order valence-corrected chi connectivity index (χ2v) is 3.61. The van der Waals surface area contributed by atoms with Crippen LogP contribution in [0.25, 0.3) is 21.5 Å². The molecule has 5 heteroatoms. The van der Waals surface area contributed by atoms with Crippen LogP contribution in [0, 0.1) is 0 Å². The Bertz CT molecular complexity index is 477. The fraction of sp³-hybridized carbons (Fsp3) is 0.364. The average Bonchev–Trinajstić information content (AvgIpc) is 2.71. The molecule has 0 radical (unpaired) electrons.